The van der Waals surface area contributed by atoms with Crippen molar-refractivity contribution in [2.75, 3.05) is 5.75 Å². The van der Waals surface area contributed by atoms with Crippen molar-refractivity contribution in [3.63, 3.8) is 0 Å². The molecule has 0 saturated heterocycles. The molecule has 0 bridgehead atoms. The fraction of sp³-hybridized carbons (Fsp3) is 0.462. The summed E-state index contributed by atoms with van der Waals surface area (Å²) in [6.07, 6.45) is 0. The Morgan fingerprint density at radius 3 is 2.39 bits per heavy atom. The van der Waals surface area contributed by atoms with Crippen LogP contribution in [0.15, 0.2) is 24.3 Å². The lowest BCUT2D eigenvalue weighted by molar-refractivity contribution is 0.593. The Kier molecular flexibility index (Phi) is 2.96. The van der Waals surface area contributed by atoms with Gasteiger partial charge >= 0.3 is 0 Å². The van der Waals surface area contributed by atoms with Crippen LogP contribution >= 0.6 is 0 Å². The normalized spacial score (nSPS) is 30.8. The topological polar surface area (TPSA) is 83.9 Å². The summed E-state index contributed by atoms with van der Waals surface area (Å²) in [5.74, 6) is -0.395. The van der Waals surface area contributed by atoms with Crippen molar-refractivity contribution in [1.29, 1.82) is 5.26 Å². The highest BCUT2D eigenvalue weighted by Gasteiger charge is 2.69. The minimum absolute atomic E-state index is 0.0145. The van der Waals surface area contributed by atoms with Crippen LogP contribution in [0, 0.1) is 18.3 Å². The van der Waals surface area contributed by atoms with E-state index in [1.165, 1.54) is 0 Å². The van der Waals surface area contributed by atoms with Gasteiger partial charge in [-0.2, -0.15) is 5.26 Å². The van der Waals surface area contributed by atoms with E-state index in [9.17, 15) is 8.42 Å². The second kappa shape index (κ2) is 4.08. The molecule has 1 aromatic rings. The molecule has 0 amide bonds. The van der Waals surface area contributed by atoms with Gasteiger partial charge in [-0.05, 0) is 12.5 Å². The minimum Gasteiger partial charge on any atom is -0.312 e. The molecule has 0 heterocycles. The van der Waals surface area contributed by atoms with Crippen molar-refractivity contribution < 1.29 is 8.42 Å². The van der Waals surface area contributed by atoms with Crippen molar-refractivity contribution >= 4 is 9.84 Å². The molecular weight excluding hydrogens is 248 g/mol. The summed E-state index contributed by atoms with van der Waals surface area (Å²) in [6, 6.07) is 9.48. The van der Waals surface area contributed by atoms with Gasteiger partial charge < -0.3 is 5.73 Å². The molecule has 5 heteroatoms. The van der Waals surface area contributed by atoms with Crippen LogP contribution in [0.25, 0.3) is 0 Å². The zero-order valence-corrected chi connectivity index (χ0v) is 11.2. The Balaban J connectivity index is 2.41. The highest BCUT2D eigenvalue weighted by atomic mass is 32.2. The van der Waals surface area contributed by atoms with Gasteiger partial charge in [-0.1, -0.05) is 36.8 Å². The van der Waals surface area contributed by atoms with Crippen molar-refractivity contribution in [1.82, 2.24) is 0 Å². The van der Waals surface area contributed by atoms with Gasteiger partial charge in [0.1, 0.15) is 10.8 Å². The van der Waals surface area contributed by atoms with Crippen molar-refractivity contribution in [2.45, 2.75) is 30.6 Å². The second-order valence-electron chi connectivity index (χ2n) is 4.81. The van der Waals surface area contributed by atoms with E-state index in [0.717, 1.165) is 11.1 Å². The van der Waals surface area contributed by atoms with Crippen molar-refractivity contribution in [3.05, 3.63) is 35.4 Å². The van der Waals surface area contributed by atoms with Gasteiger partial charge in [0, 0.05) is 11.7 Å². The van der Waals surface area contributed by atoms with Crippen LogP contribution in [0.5, 0.6) is 0 Å². The number of nitriles is 1. The summed E-state index contributed by atoms with van der Waals surface area (Å²) in [5.41, 5.74) is 6.57. The van der Waals surface area contributed by atoms with Crippen molar-refractivity contribution in [3.8, 4) is 6.07 Å². The average molecular weight is 264 g/mol. The molecule has 0 spiro atoms. The number of benzene rings is 1. The fourth-order valence-corrected chi connectivity index (χ4v) is 4.29. The molecule has 0 radical (unpaired) electrons. The Bertz CT molecular complexity index is 601. The SMILES string of the molecule is CCS(=O)(=O)C1C(c2ccc(C)cc2)C1(N)C#N. The van der Waals surface area contributed by atoms with Gasteiger partial charge in [0.15, 0.2) is 9.84 Å². The standard InChI is InChI=1S/C13H16N2O2S/c1-3-18(16,17)12-11(13(12,15)8-14)10-6-4-9(2)5-7-10/h4-7,11-12H,3,15H2,1-2H3. The molecule has 0 aromatic heterocycles. The van der Waals surface area contributed by atoms with Crippen LogP contribution in [0.2, 0.25) is 0 Å². The van der Waals surface area contributed by atoms with E-state index >= 15 is 0 Å². The van der Waals surface area contributed by atoms with Crippen LogP contribution in [-0.2, 0) is 9.84 Å². The van der Waals surface area contributed by atoms with E-state index in [-0.39, 0.29) is 5.75 Å². The fourth-order valence-electron chi connectivity index (χ4n) is 2.42. The largest absolute Gasteiger partial charge is 0.312 e. The lowest BCUT2D eigenvalue weighted by Gasteiger charge is -2.01. The molecule has 1 aliphatic rings. The molecule has 2 N–H and O–H groups in total. The van der Waals surface area contributed by atoms with E-state index in [1.807, 2.05) is 37.3 Å². The summed E-state index contributed by atoms with van der Waals surface area (Å²) in [7, 11) is -3.30. The first-order valence-corrected chi connectivity index (χ1v) is 7.56. The third kappa shape index (κ3) is 1.82. The number of nitrogens with zero attached hydrogens (tertiary/aromatic N) is 1. The summed E-state index contributed by atoms with van der Waals surface area (Å²) in [6.45, 7) is 3.54. The maximum atomic E-state index is 12.0. The molecule has 3 unspecified atom stereocenters. The summed E-state index contributed by atoms with van der Waals surface area (Å²) in [4.78, 5) is 0. The smallest absolute Gasteiger partial charge is 0.156 e. The predicted octanol–water partition coefficient (Wildman–Crippen LogP) is 1.12. The molecule has 1 fully saturated rings. The monoisotopic (exact) mass is 264 g/mol. The van der Waals surface area contributed by atoms with Crippen LogP contribution in [-0.4, -0.2) is 25.0 Å². The molecule has 2 rings (SSSR count). The summed E-state index contributed by atoms with van der Waals surface area (Å²) < 4.78 is 23.9. The zero-order valence-electron chi connectivity index (χ0n) is 10.4. The predicted molar refractivity (Wildman–Crippen MR) is 69.7 cm³/mol. The molecular formula is C13H16N2O2S. The third-order valence-corrected chi connectivity index (χ3v) is 5.84. The highest BCUT2D eigenvalue weighted by Crippen LogP contribution is 2.53. The van der Waals surface area contributed by atoms with E-state index in [2.05, 4.69) is 0 Å². The van der Waals surface area contributed by atoms with E-state index in [0.29, 0.717) is 0 Å². The number of aryl methyl sites for hydroxylation is 1. The van der Waals surface area contributed by atoms with Crippen LogP contribution in [0.1, 0.15) is 24.0 Å². The van der Waals surface area contributed by atoms with E-state index in [4.69, 9.17) is 11.0 Å². The van der Waals surface area contributed by atoms with Crippen LogP contribution < -0.4 is 5.73 Å². The molecule has 3 atom stereocenters. The first-order valence-electron chi connectivity index (χ1n) is 5.85. The van der Waals surface area contributed by atoms with Gasteiger partial charge in [-0.15, -0.1) is 0 Å². The Hall–Kier alpha value is -1.38. The van der Waals surface area contributed by atoms with Gasteiger partial charge in [0.2, 0.25) is 0 Å². The molecule has 1 saturated carbocycles. The molecule has 0 aliphatic heterocycles. The molecule has 1 aliphatic carbocycles. The molecule has 4 nitrogen and oxygen atoms in total. The molecule has 1 aromatic carbocycles. The first-order chi connectivity index (χ1) is 8.36. The number of sulfone groups is 1. The van der Waals surface area contributed by atoms with E-state index < -0.39 is 26.5 Å². The second-order valence-corrected chi connectivity index (χ2v) is 7.22. The van der Waals surface area contributed by atoms with Gasteiger partial charge in [0.25, 0.3) is 0 Å². The van der Waals surface area contributed by atoms with Gasteiger partial charge in [-0.3, -0.25) is 0 Å². The van der Waals surface area contributed by atoms with Crippen LogP contribution in [0.4, 0.5) is 0 Å². The van der Waals surface area contributed by atoms with Gasteiger partial charge in [0.05, 0.1) is 6.07 Å². The lowest BCUT2D eigenvalue weighted by Crippen LogP contribution is -2.29. The first kappa shape index (κ1) is 13.1. The average Bonchev–Trinajstić information content (AvgIpc) is 2.98. The highest BCUT2D eigenvalue weighted by molar-refractivity contribution is 7.92. The minimum atomic E-state index is -3.30. The Morgan fingerprint density at radius 2 is 1.94 bits per heavy atom. The lowest BCUT2D eigenvalue weighted by atomic mass is 10.1. The number of hydrogen-bond donors (Lipinski definition) is 1. The third-order valence-electron chi connectivity index (χ3n) is 3.60. The molecule has 96 valence electrons. The summed E-state index contributed by atoms with van der Waals surface area (Å²) in [5, 5.41) is 8.37. The Labute approximate surface area is 107 Å². The summed E-state index contributed by atoms with van der Waals surface area (Å²) >= 11 is 0. The number of rotatable bonds is 3. The van der Waals surface area contributed by atoms with E-state index in [1.54, 1.807) is 6.92 Å². The maximum absolute atomic E-state index is 12.0. The van der Waals surface area contributed by atoms with Crippen molar-refractivity contribution in [2.24, 2.45) is 5.73 Å². The Morgan fingerprint density at radius 1 is 1.39 bits per heavy atom. The zero-order chi connectivity index (χ0) is 13.6. The quantitative estimate of drug-likeness (QED) is 0.886. The van der Waals surface area contributed by atoms with Gasteiger partial charge in [-0.25, -0.2) is 8.42 Å². The maximum Gasteiger partial charge on any atom is 0.156 e. The molecule has 18 heavy (non-hydrogen) atoms. The number of hydrogen-bond acceptors (Lipinski definition) is 4. The number of nitrogens with two attached hydrogens (primary N) is 1. The van der Waals surface area contributed by atoms with Crippen LogP contribution in [0.3, 0.4) is 0 Å².